The quantitative estimate of drug-likeness (QED) is 0.798. The Kier molecular flexibility index (Phi) is 5.29. The van der Waals surface area contributed by atoms with Crippen molar-refractivity contribution in [3.8, 4) is 0 Å². The largest absolute Gasteiger partial charge is 0.349 e. The van der Waals surface area contributed by atoms with Gasteiger partial charge in [-0.1, -0.05) is 23.7 Å². The minimum atomic E-state index is 0.138. The Bertz CT molecular complexity index is 353. The number of halogens is 1. The first kappa shape index (κ1) is 13.0. The monoisotopic (exact) mass is 240 g/mol. The lowest BCUT2D eigenvalue weighted by molar-refractivity contribution is -0.128. The molecule has 0 bridgehead atoms. The minimum Gasteiger partial charge on any atom is -0.349 e. The molecule has 16 heavy (non-hydrogen) atoms. The predicted molar refractivity (Wildman–Crippen MR) is 66.5 cm³/mol. The first-order valence-electron chi connectivity index (χ1n) is 5.25. The van der Waals surface area contributed by atoms with E-state index < -0.39 is 0 Å². The molecule has 4 heteroatoms. The zero-order valence-corrected chi connectivity index (χ0v) is 10.4. The summed E-state index contributed by atoms with van der Waals surface area (Å²) in [5.41, 5.74) is 1.13. The molecular formula is C12H17ClN2O. The number of benzene rings is 1. The van der Waals surface area contributed by atoms with Crippen LogP contribution in [0, 0.1) is 0 Å². The van der Waals surface area contributed by atoms with Crippen molar-refractivity contribution < 1.29 is 4.79 Å². The number of hydrogen-bond acceptors (Lipinski definition) is 2. The maximum Gasteiger partial charge on any atom is 0.223 e. The van der Waals surface area contributed by atoms with Crippen LogP contribution in [0.2, 0.25) is 5.02 Å². The molecular weight excluding hydrogens is 224 g/mol. The number of carbonyl (C=O) groups is 1. The fourth-order valence-electron chi connectivity index (χ4n) is 1.30. The Morgan fingerprint density at radius 2 is 2.19 bits per heavy atom. The third-order valence-electron chi connectivity index (χ3n) is 2.23. The molecule has 0 saturated carbocycles. The summed E-state index contributed by atoms with van der Waals surface area (Å²) in [5.74, 6) is 0.138. The van der Waals surface area contributed by atoms with Crippen molar-refractivity contribution >= 4 is 17.5 Å². The van der Waals surface area contributed by atoms with E-state index in [2.05, 4.69) is 5.32 Å². The van der Waals surface area contributed by atoms with E-state index in [9.17, 15) is 4.79 Å². The smallest absolute Gasteiger partial charge is 0.223 e. The van der Waals surface area contributed by atoms with Gasteiger partial charge in [-0.2, -0.15) is 0 Å². The number of hydrogen-bond donors (Lipinski definition) is 1. The van der Waals surface area contributed by atoms with Gasteiger partial charge in [0.2, 0.25) is 5.91 Å². The zero-order chi connectivity index (χ0) is 12.0. The van der Waals surface area contributed by atoms with Gasteiger partial charge in [-0.3, -0.25) is 4.79 Å². The molecule has 1 N–H and O–H groups in total. The molecule has 88 valence electrons. The first-order chi connectivity index (χ1) is 7.59. The Morgan fingerprint density at radius 1 is 1.44 bits per heavy atom. The van der Waals surface area contributed by atoms with Gasteiger partial charge in [0.25, 0.3) is 0 Å². The lowest BCUT2D eigenvalue weighted by Gasteiger charge is -2.10. The van der Waals surface area contributed by atoms with Crippen molar-refractivity contribution in [2.75, 3.05) is 20.6 Å². The van der Waals surface area contributed by atoms with E-state index >= 15 is 0 Å². The van der Waals surface area contributed by atoms with Crippen LogP contribution >= 0.6 is 11.6 Å². The first-order valence-corrected chi connectivity index (χ1v) is 5.62. The van der Waals surface area contributed by atoms with E-state index in [0.717, 1.165) is 17.1 Å². The van der Waals surface area contributed by atoms with Gasteiger partial charge in [0.15, 0.2) is 0 Å². The van der Waals surface area contributed by atoms with Crippen LogP contribution in [0.15, 0.2) is 24.3 Å². The van der Waals surface area contributed by atoms with Crippen molar-refractivity contribution in [2.45, 2.75) is 13.0 Å². The van der Waals surface area contributed by atoms with E-state index in [1.54, 1.807) is 19.0 Å². The van der Waals surface area contributed by atoms with Gasteiger partial charge in [0, 0.05) is 38.6 Å². The van der Waals surface area contributed by atoms with Crippen LogP contribution in [-0.4, -0.2) is 31.4 Å². The van der Waals surface area contributed by atoms with Crippen molar-refractivity contribution in [2.24, 2.45) is 0 Å². The highest BCUT2D eigenvalue weighted by Gasteiger charge is 2.02. The van der Waals surface area contributed by atoms with Crippen molar-refractivity contribution in [3.05, 3.63) is 34.9 Å². The van der Waals surface area contributed by atoms with Gasteiger partial charge in [-0.25, -0.2) is 0 Å². The van der Waals surface area contributed by atoms with E-state index in [1.165, 1.54) is 0 Å². The maximum absolute atomic E-state index is 11.3. The molecule has 1 rings (SSSR count). The summed E-state index contributed by atoms with van der Waals surface area (Å²) in [5, 5.41) is 3.95. The second kappa shape index (κ2) is 6.51. The molecule has 0 aliphatic carbocycles. The van der Waals surface area contributed by atoms with E-state index in [1.807, 2.05) is 24.3 Å². The molecule has 0 heterocycles. The van der Waals surface area contributed by atoms with Crippen molar-refractivity contribution in [1.29, 1.82) is 0 Å². The zero-order valence-electron chi connectivity index (χ0n) is 9.66. The van der Waals surface area contributed by atoms with E-state index in [4.69, 9.17) is 11.6 Å². The van der Waals surface area contributed by atoms with Crippen LogP contribution in [0.3, 0.4) is 0 Å². The van der Waals surface area contributed by atoms with Crippen molar-refractivity contribution in [1.82, 2.24) is 10.2 Å². The van der Waals surface area contributed by atoms with Crippen LogP contribution in [0.1, 0.15) is 12.0 Å². The molecule has 0 saturated heterocycles. The Morgan fingerprint density at radius 3 is 2.81 bits per heavy atom. The molecule has 0 spiro atoms. The van der Waals surface area contributed by atoms with Crippen molar-refractivity contribution in [3.63, 3.8) is 0 Å². The van der Waals surface area contributed by atoms with Crippen LogP contribution in [0.25, 0.3) is 0 Å². The summed E-state index contributed by atoms with van der Waals surface area (Å²) in [6.45, 7) is 1.42. The second-order valence-corrected chi connectivity index (χ2v) is 4.28. The molecule has 3 nitrogen and oxygen atoms in total. The van der Waals surface area contributed by atoms with Gasteiger partial charge >= 0.3 is 0 Å². The standard InChI is InChI=1S/C12H17ClN2O/c1-15(2)12(16)6-7-14-9-10-4-3-5-11(13)8-10/h3-5,8,14H,6-7,9H2,1-2H3. The van der Waals surface area contributed by atoms with Gasteiger partial charge < -0.3 is 10.2 Å². The fourth-order valence-corrected chi connectivity index (χ4v) is 1.51. The molecule has 0 atom stereocenters. The average molecular weight is 241 g/mol. The number of nitrogens with zero attached hydrogens (tertiary/aromatic N) is 1. The minimum absolute atomic E-state index is 0.138. The fraction of sp³-hybridized carbons (Fsp3) is 0.417. The highest BCUT2D eigenvalue weighted by Crippen LogP contribution is 2.10. The maximum atomic E-state index is 11.3. The number of nitrogens with one attached hydrogen (secondary N) is 1. The molecule has 0 unspecified atom stereocenters. The van der Waals surface area contributed by atoms with Crippen LogP contribution in [0.4, 0.5) is 0 Å². The summed E-state index contributed by atoms with van der Waals surface area (Å²) >= 11 is 5.86. The van der Waals surface area contributed by atoms with E-state index in [-0.39, 0.29) is 5.91 Å². The van der Waals surface area contributed by atoms with Gasteiger partial charge in [-0.15, -0.1) is 0 Å². The van der Waals surface area contributed by atoms with Crippen LogP contribution < -0.4 is 5.32 Å². The van der Waals surface area contributed by atoms with Crippen LogP contribution in [0.5, 0.6) is 0 Å². The molecule has 0 aliphatic rings. The highest BCUT2D eigenvalue weighted by atomic mass is 35.5. The Hall–Kier alpha value is -1.06. The van der Waals surface area contributed by atoms with Gasteiger partial charge in [-0.05, 0) is 17.7 Å². The third-order valence-corrected chi connectivity index (χ3v) is 2.47. The topological polar surface area (TPSA) is 32.3 Å². The SMILES string of the molecule is CN(C)C(=O)CCNCc1cccc(Cl)c1. The highest BCUT2D eigenvalue weighted by molar-refractivity contribution is 6.30. The lowest BCUT2D eigenvalue weighted by atomic mass is 10.2. The summed E-state index contributed by atoms with van der Waals surface area (Å²) in [4.78, 5) is 12.9. The Labute approximate surface area is 101 Å². The Balaban J connectivity index is 2.23. The molecule has 0 fully saturated rings. The van der Waals surface area contributed by atoms with Crippen LogP contribution in [-0.2, 0) is 11.3 Å². The summed E-state index contributed by atoms with van der Waals surface area (Å²) in [6.07, 6.45) is 0.521. The third kappa shape index (κ3) is 4.64. The molecule has 1 amide bonds. The van der Waals surface area contributed by atoms with Gasteiger partial charge in [0.1, 0.15) is 0 Å². The summed E-state index contributed by atoms with van der Waals surface area (Å²) in [6, 6.07) is 7.69. The normalized spacial score (nSPS) is 10.2. The summed E-state index contributed by atoms with van der Waals surface area (Å²) in [7, 11) is 3.53. The summed E-state index contributed by atoms with van der Waals surface area (Å²) < 4.78 is 0. The van der Waals surface area contributed by atoms with E-state index in [0.29, 0.717) is 13.0 Å². The number of carbonyl (C=O) groups excluding carboxylic acids is 1. The average Bonchev–Trinajstić information content (AvgIpc) is 2.24. The lowest BCUT2D eigenvalue weighted by Crippen LogP contribution is -2.26. The number of rotatable bonds is 5. The molecule has 1 aromatic rings. The predicted octanol–water partition coefficient (Wildman–Crippen LogP) is 1.91. The van der Waals surface area contributed by atoms with Gasteiger partial charge in [0.05, 0.1) is 0 Å². The molecule has 0 aliphatic heterocycles. The number of amides is 1. The molecule has 1 aromatic carbocycles. The molecule has 0 aromatic heterocycles. The molecule has 0 radical (unpaired) electrons. The second-order valence-electron chi connectivity index (χ2n) is 3.84.